The molecule has 1 fully saturated rings. The number of oxime groups is 2. The van der Waals surface area contributed by atoms with Gasteiger partial charge in [0.25, 0.3) is 0 Å². The lowest BCUT2D eigenvalue weighted by Crippen LogP contribution is -2.19. The molecule has 7 heteroatoms. The molecular weight excluding hydrogens is 404 g/mol. The maximum Gasteiger partial charge on any atom is 0.360 e. The second-order valence-corrected chi connectivity index (χ2v) is 7.89. The molecule has 2 aromatic rings. The van der Waals surface area contributed by atoms with E-state index in [9.17, 15) is 4.79 Å². The molecule has 0 N–H and O–H groups in total. The number of carbonyl (C=O) groups excluding carboxylic acids is 1. The number of esters is 1. The number of hydrogen-bond donors (Lipinski definition) is 0. The lowest BCUT2D eigenvalue weighted by atomic mass is 9.94. The fourth-order valence-electron chi connectivity index (χ4n) is 3.65. The predicted molar refractivity (Wildman–Crippen MR) is 117 cm³/mol. The van der Waals surface area contributed by atoms with Crippen LogP contribution in [0.3, 0.4) is 0 Å². The lowest BCUT2D eigenvalue weighted by molar-refractivity contribution is -0.132. The molecule has 1 saturated carbocycles. The van der Waals surface area contributed by atoms with Crippen LogP contribution in [0.15, 0.2) is 58.8 Å². The Morgan fingerprint density at radius 1 is 1.13 bits per heavy atom. The molecule has 2 aromatic carbocycles. The van der Waals surface area contributed by atoms with Crippen molar-refractivity contribution >= 4 is 29.0 Å². The Labute approximate surface area is 181 Å². The van der Waals surface area contributed by atoms with E-state index in [-0.39, 0.29) is 17.7 Å². The molecule has 0 amide bonds. The van der Waals surface area contributed by atoms with E-state index < -0.39 is 5.97 Å². The highest BCUT2D eigenvalue weighted by Gasteiger charge is 2.53. The third-order valence-corrected chi connectivity index (χ3v) is 5.76. The van der Waals surface area contributed by atoms with Crippen LogP contribution >= 0.6 is 11.6 Å². The number of benzene rings is 2. The summed E-state index contributed by atoms with van der Waals surface area (Å²) in [5, 5.41) is 8.87. The predicted octanol–water partition coefficient (Wildman–Crippen LogP) is 4.73. The molecule has 6 nitrogen and oxygen atoms in total. The molecule has 3 rings (SSSR count). The van der Waals surface area contributed by atoms with Crippen LogP contribution in [-0.4, -0.2) is 31.6 Å². The van der Waals surface area contributed by atoms with Crippen LogP contribution in [0, 0.1) is 5.92 Å². The van der Waals surface area contributed by atoms with Gasteiger partial charge >= 0.3 is 5.97 Å². The number of hydrogen-bond acceptors (Lipinski definition) is 6. The Kier molecular flexibility index (Phi) is 6.77. The second-order valence-electron chi connectivity index (χ2n) is 7.46. The van der Waals surface area contributed by atoms with Crippen molar-refractivity contribution in [2.45, 2.75) is 32.3 Å². The minimum Gasteiger partial charge on any atom is -0.464 e. The van der Waals surface area contributed by atoms with Gasteiger partial charge in [-0.3, -0.25) is 0 Å². The Hall–Kier alpha value is -2.86. The summed E-state index contributed by atoms with van der Waals surface area (Å²) in [7, 11) is 2.68. The van der Waals surface area contributed by atoms with Crippen molar-refractivity contribution < 1.29 is 19.2 Å². The molecule has 0 aliphatic heterocycles. The standard InChI is InChI=1S/C23H25ClN2O4/c1-15(20-13-23(20,2)17-9-11-18(24)12-10-17)25-30-14-16-7-5-6-8-19(16)21(26-29-4)22(27)28-3/h5-12,20H,13-14H2,1-4H3. The molecular formula is C23H25ClN2O4. The summed E-state index contributed by atoms with van der Waals surface area (Å²) in [4.78, 5) is 22.5. The van der Waals surface area contributed by atoms with Crippen LogP contribution in [0.25, 0.3) is 0 Å². The summed E-state index contributed by atoms with van der Waals surface area (Å²) in [5.74, 6) is -0.268. The highest BCUT2D eigenvalue weighted by atomic mass is 35.5. The van der Waals surface area contributed by atoms with E-state index in [1.165, 1.54) is 19.8 Å². The second kappa shape index (κ2) is 9.30. The van der Waals surface area contributed by atoms with Crippen molar-refractivity contribution in [3.05, 3.63) is 70.2 Å². The first-order valence-corrected chi connectivity index (χ1v) is 9.98. The number of halogens is 1. The molecule has 0 radical (unpaired) electrons. The molecule has 158 valence electrons. The summed E-state index contributed by atoms with van der Waals surface area (Å²) in [6, 6.07) is 15.2. The Morgan fingerprint density at radius 3 is 2.50 bits per heavy atom. The van der Waals surface area contributed by atoms with Gasteiger partial charge in [-0.15, -0.1) is 0 Å². The molecule has 30 heavy (non-hydrogen) atoms. The highest BCUT2D eigenvalue weighted by Crippen LogP contribution is 2.54. The van der Waals surface area contributed by atoms with Crippen molar-refractivity contribution in [1.82, 2.24) is 0 Å². The number of ether oxygens (including phenoxy) is 1. The zero-order chi connectivity index (χ0) is 21.7. The summed E-state index contributed by atoms with van der Waals surface area (Å²) in [6.07, 6.45) is 1.01. The van der Waals surface area contributed by atoms with Gasteiger partial charge in [0.2, 0.25) is 0 Å². The number of rotatable bonds is 8. The van der Waals surface area contributed by atoms with E-state index in [0.717, 1.165) is 22.7 Å². The van der Waals surface area contributed by atoms with Crippen LogP contribution in [0.2, 0.25) is 5.02 Å². The number of carbonyl (C=O) groups is 1. The number of methoxy groups -OCH3 is 1. The Balaban J connectivity index is 1.70. The van der Waals surface area contributed by atoms with Gasteiger partial charge in [-0.25, -0.2) is 4.79 Å². The van der Waals surface area contributed by atoms with Crippen LogP contribution in [-0.2, 0) is 31.2 Å². The average molecular weight is 429 g/mol. The third-order valence-electron chi connectivity index (χ3n) is 5.51. The molecule has 1 aliphatic rings. The maximum atomic E-state index is 12.1. The van der Waals surface area contributed by atoms with E-state index in [4.69, 9.17) is 26.0 Å². The molecule has 0 heterocycles. The van der Waals surface area contributed by atoms with E-state index in [1.54, 1.807) is 6.07 Å². The monoisotopic (exact) mass is 428 g/mol. The zero-order valence-electron chi connectivity index (χ0n) is 17.5. The molecule has 0 spiro atoms. The minimum absolute atomic E-state index is 0.0443. The fourth-order valence-corrected chi connectivity index (χ4v) is 3.78. The molecule has 0 aromatic heterocycles. The first kappa shape index (κ1) is 21.8. The van der Waals surface area contributed by atoms with Crippen LogP contribution in [0.5, 0.6) is 0 Å². The molecule has 0 bridgehead atoms. The number of nitrogens with zero attached hydrogens (tertiary/aromatic N) is 2. The van der Waals surface area contributed by atoms with Crippen molar-refractivity contribution in [2.24, 2.45) is 16.2 Å². The molecule has 0 saturated heterocycles. The first-order valence-electron chi connectivity index (χ1n) is 9.61. The molecule has 2 atom stereocenters. The van der Waals surface area contributed by atoms with E-state index in [2.05, 4.69) is 29.4 Å². The maximum absolute atomic E-state index is 12.1. The lowest BCUT2D eigenvalue weighted by Gasteiger charge is -2.12. The Morgan fingerprint density at radius 2 is 1.83 bits per heavy atom. The first-order chi connectivity index (χ1) is 14.4. The summed E-state index contributed by atoms with van der Waals surface area (Å²) in [5.41, 5.74) is 3.64. The van der Waals surface area contributed by atoms with Gasteiger partial charge in [-0.2, -0.15) is 0 Å². The van der Waals surface area contributed by atoms with Gasteiger partial charge in [-0.05, 0) is 31.0 Å². The Bertz CT molecular complexity index is 971. The van der Waals surface area contributed by atoms with E-state index >= 15 is 0 Å². The van der Waals surface area contributed by atoms with Crippen molar-refractivity contribution in [2.75, 3.05) is 14.2 Å². The van der Waals surface area contributed by atoms with Gasteiger partial charge in [0, 0.05) is 27.5 Å². The van der Waals surface area contributed by atoms with Crippen LogP contribution < -0.4 is 0 Å². The molecule has 1 aliphatic carbocycles. The van der Waals surface area contributed by atoms with Crippen molar-refractivity contribution in [1.29, 1.82) is 0 Å². The largest absolute Gasteiger partial charge is 0.464 e. The SMILES string of the molecule is CON=C(C(=O)OC)c1ccccc1CON=C(C)C1CC1(C)c1ccc(Cl)cc1. The van der Waals surface area contributed by atoms with Gasteiger partial charge in [0.05, 0.1) is 12.8 Å². The summed E-state index contributed by atoms with van der Waals surface area (Å²) in [6.45, 7) is 4.39. The summed E-state index contributed by atoms with van der Waals surface area (Å²) >= 11 is 6.00. The van der Waals surface area contributed by atoms with Gasteiger partial charge in [0.1, 0.15) is 13.7 Å². The normalized spacial score (nSPS) is 21.2. The quantitative estimate of drug-likeness (QED) is 0.346. The summed E-state index contributed by atoms with van der Waals surface area (Å²) < 4.78 is 4.80. The van der Waals surface area contributed by atoms with Crippen LogP contribution in [0.1, 0.15) is 37.0 Å². The van der Waals surface area contributed by atoms with Gasteiger partial charge in [0.15, 0.2) is 5.71 Å². The van der Waals surface area contributed by atoms with Gasteiger partial charge < -0.3 is 14.4 Å². The average Bonchev–Trinajstić information content (AvgIpc) is 3.45. The highest BCUT2D eigenvalue weighted by molar-refractivity contribution is 6.43. The van der Waals surface area contributed by atoms with E-state index in [1.807, 2.05) is 37.3 Å². The minimum atomic E-state index is -0.583. The topological polar surface area (TPSA) is 69.5 Å². The third kappa shape index (κ3) is 4.65. The van der Waals surface area contributed by atoms with Gasteiger partial charge in [-0.1, -0.05) is 65.2 Å². The van der Waals surface area contributed by atoms with E-state index in [0.29, 0.717) is 11.5 Å². The van der Waals surface area contributed by atoms with Crippen LogP contribution in [0.4, 0.5) is 0 Å². The molecule has 2 unspecified atom stereocenters. The van der Waals surface area contributed by atoms with Crippen molar-refractivity contribution in [3.63, 3.8) is 0 Å². The fraction of sp³-hybridized carbons (Fsp3) is 0.348. The zero-order valence-corrected chi connectivity index (χ0v) is 18.3. The van der Waals surface area contributed by atoms with Crippen molar-refractivity contribution in [3.8, 4) is 0 Å². The smallest absolute Gasteiger partial charge is 0.360 e.